The van der Waals surface area contributed by atoms with E-state index in [9.17, 15) is 0 Å². The molecule has 0 spiro atoms. The van der Waals surface area contributed by atoms with Gasteiger partial charge in [0.1, 0.15) is 5.58 Å². The molecule has 11 rings (SSSR count). The monoisotopic (exact) mass is 1010 g/mol. The molecule has 3 nitrogen and oxygen atoms in total. The molecule has 1 unspecified atom stereocenters. The lowest BCUT2D eigenvalue weighted by Crippen LogP contribution is -2.61. The van der Waals surface area contributed by atoms with Gasteiger partial charge in [0, 0.05) is 42.1 Å². The summed E-state index contributed by atoms with van der Waals surface area (Å²) < 4.78 is 7.68. The van der Waals surface area contributed by atoms with Gasteiger partial charge in [-0.25, -0.2) is 0 Å². The number of anilines is 6. The summed E-state index contributed by atoms with van der Waals surface area (Å²) >= 11 is 4.48. The van der Waals surface area contributed by atoms with E-state index in [0.29, 0.717) is 5.92 Å². The van der Waals surface area contributed by atoms with Gasteiger partial charge in [-0.2, -0.15) is 0 Å². The Balaban J connectivity index is 1.29. The van der Waals surface area contributed by atoms with Crippen molar-refractivity contribution in [1.29, 1.82) is 0 Å². The lowest BCUT2D eigenvalue weighted by Gasteiger charge is -2.46. The molecule has 342 valence electrons. The summed E-state index contributed by atoms with van der Waals surface area (Å²) in [7, 11) is 0. The van der Waals surface area contributed by atoms with Crippen molar-refractivity contribution in [2.45, 2.75) is 152 Å². The Kier molecular flexibility index (Phi) is 10.1. The maximum atomic E-state index is 7.66. The highest BCUT2D eigenvalue weighted by atomic mass is 127. The third-order valence-electron chi connectivity index (χ3n) is 16.4. The smallest absolute Gasteiger partial charge is 0.297 e. The van der Waals surface area contributed by atoms with E-state index in [-0.39, 0.29) is 31.8 Å². The second-order valence-corrected chi connectivity index (χ2v) is 27.4. The predicted octanol–water partition coefficient (Wildman–Crippen LogP) is 16.5. The zero-order valence-corrected chi connectivity index (χ0v) is 45.0. The Bertz CT molecular complexity index is 3190. The Hall–Kier alpha value is -4.40. The van der Waals surface area contributed by atoms with Crippen molar-refractivity contribution in [3.05, 3.63) is 148 Å². The average Bonchev–Trinajstić information content (AvgIpc) is 3.63. The maximum absolute atomic E-state index is 7.66. The number of aryl methyl sites for hydroxylation is 1. The summed E-state index contributed by atoms with van der Waals surface area (Å²) in [5.74, 6) is 0.373. The van der Waals surface area contributed by atoms with Gasteiger partial charge >= 0.3 is 0 Å². The van der Waals surface area contributed by atoms with Gasteiger partial charge in [0.2, 0.25) is 0 Å². The van der Waals surface area contributed by atoms with Crippen LogP contribution in [0.5, 0.6) is 0 Å². The van der Waals surface area contributed by atoms with Crippen molar-refractivity contribution in [3.63, 3.8) is 0 Å². The summed E-state index contributed by atoms with van der Waals surface area (Å²) in [6.07, 6.45) is 10.9. The van der Waals surface area contributed by atoms with Crippen LogP contribution in [0.2, 0.25) is 0 Å². The third-order valence-corrected chi connectivity index (χ3v) is 18.4. The van der Waals surface area contributed by atoms with Crippen LogP contribution in [-0.4, -0.2) is 6.71 Å². The number of alkyl halides is 1. The molecular formula is C61H66BIN2OS. The van der Waals surface area contributed by atoms with E-state index in [1.54, 1.807) is 11.8 Å². The third kappa shape index (κ3) is 7.02. The molecule has 2 aliphatic carbocycles. The molecule has 0 saturated heterocycles. The highest BCUT2D eigenvalue weighted by molar-refractivity contribution is 14.1. The van der Waals surface area contributed by atoms with Crippen molar-refractivity contribution < 1.29 is 4.42 Å². The maximum Gasteiger partial charge on any atom is 0.297 e. The minimum absolute atomic E-state index is 0.0125. The number of allylic oxidation sites excluding steroid dienone is 4. The number of hydrogen-bond acceptors (Lipinski definition) is 4. The fraction of sp³-hybridized carbons (Fsp3) is 0.377. The van der Waals surface area contributed by atoms with Crippen LogP contribution in [0.15, 0.2) is 112 Å². The first kappa shape index (κ1) is 45.1. The molecule has 0 amide bonds. The van der Waals surface area contributed by atoms with Crippen molar-refractivity contribution in [2.24, 2.45) is 0 Å². The largest absolute Gasteiger partial charge is 0.468 e. The number of furan rings is 1. The second kappa shape index (κ2) is 15.1. The van der Waals surface area contributed by atoms with Crippen LogP contribution in [0.4, 0.5) is 34.1 Å². The number of nitrogens with zero attached hydrogens (tertiary/aromatic N) is 2. The summed E-state index contributed by atoms with van der Waals surface area (Å²) in [4.78, 5) is 6.44. The van der Waals surface area contributed by atoms with Crippen molar-refractivity contribution in [1.82, 2.24) is 0 Å². The van der Waals surface area contributed by atoms with Crippen LogP contribution in [0.1, 0.15) is 159 Å². The molecule has 0 bridgehead atoms. The second-order valence-electron chi connectivity index (χ2n) is 24.1. The van der Waals surface area contributed by atoms with Crippen LogP contribution in [-0.2, 0) is 25.1 Å². The zero-order chi connectivity index (χ0) is 47.5. The van der Waals surface area contributed by atoms with E-state index < -0.39 is 0 Å². The first-order valence-corrected chi connectivity index (χ1v) is 26.6. The summed E-state index contributed by atoms with van der Waals surface area (Å²) in [6, 6.07) is 29.6. The Morgan fingerprint density at radius 1 is 0.716 bits per heavy atom. The molecule has 4 heterocycles. The van der Waals surface area contributed by atoms with Gasteiger partial charge < -0.3 is 14.2 Å². The molecule has 5 aromatic carbocycles. The van der Waals surface area contributed by atoms with E-state index in [4.69, 9.17) is 4.42 Å². The van der Waals surface area contributed by atoms with Crippen molar-refractivity contribution in [3.8, 4) is 0 Å². The van der Waals surface area contributed by atoms with E-state index in [2.05, 4.69) is 225 Å². The zero-order valence-electron chi connectivity index (χ0n) is 42.0. The fourth-order valence-electron chi connectivity index (χ4n) is 12.0. The van der Waals surface area contributed by atoms with Gasteiger partial charge in [0.15, 0.2) is 0 Å². The molecule has 3 aliphatic heterocycles. The van der Waals surface area contributed by atoms with Crippen LogP contribution in [0.3, 0.4) is 0 Å². The molecule has 0 saturated carbocycles. The highest BCUT2D eigenvalue weighted by Crippen LogP contribution is 2.55. The lowest BCUT2D eigenvalue weighted by molar-refractivity contribution is 0.332. The molecule has 5 aliphatic rings. The minimum Gasteiger partial charge on any atom is -0.468 e. The minimum atomic E-state index is -0.129. The lowest BCUT2D eigenvalue weighted by atomic mass is 9.35. The fourth-order valence-corrected chi connectivity index (χ4v) is 13.5. The molecule has 0 radical (unpaired) electrons. The van der Waals surface area contributed by atoms with Gasteiger partial charge in [0.05, 0.1) is 11.3 Å². The number of halogens is 1. The Labute approximate surface area is 418 Å². The molecular weight excluding hydrogens is 946 g/mol. The normalized spacial score (nSPS) is 21.7. The summed E-state index contributed by atoms with van der Waals surface area (Å²) in [5, 5.41) is 3.36. The number of hydrogen-bond donors (Lipinski definition) is 0. The van der Waals surface area contributed by atoms with Crippen LogP contribution >= 0.6 is 34.4 Å². The highest BCUT2D eigenvalue weighted by Gasteiger charge is 2.50. The molecule has 1 aromatic heterocycles. The van der Waals surface area contributed by atoms with Gasteiger partial charge in [-0.15, -0.1) is 0 Å². The first-order valence-electron chi connectivity index (χ1n) is 24.7. The summed E-state index contributed by atoms with van der Waals surface area (Å²) in [5.41, 5.74) is 23.8. The number of fused-ring (bicyclic) bond motifs is 9. The number of rotatable bonds is 3. The van der Waals surface area contributed by atoms with E-state index in [0.717, 1.165) is 59.4 Å². The average molecular weight is 1010 g/mol. The topological polar surface area (TPSA) is 19.6 Å². The van der Waals surface area contributed by atoms with Crippen LogP contribution in [0.25, 0.3) is 16.5 Å². The Morgan fingerprint density at radius 3 is 2.06 bits per heavy atom. The first-order chi connectivity index (χ1) is 31.4. The van der Waals surface area contributed by atoms with Gasteiger partial charge in [-0.1, -0.05) is 147 Å². The molecule has 0 N–H and O–H groups in total. The van der Waals surface area contributed by atoms with Gasteiger partial charge in [-0.05, 0) is 194 Å². The molecule has 0 fully saturated rings. The van der Waals surface area contributed by atoms with Gasteiger partial charge in [0.25, 0.3) is 6.71 Å². The number of benzene rings is 5. The standard InChI is InChI=1S/C61H66BIN2OS/c1-35(2)38-27-39(57(5,6)7)29-41(28-38)64-49-33-46-45(58(8,9)20-21-59(46,10)11)32-48(49)62-54-50(64)25-36(3)26-51(54)65(40-18-19-53-42(30-40)37(4)17-15-16-24-67-53)55-43-31-44-47(34-52(43)66-56(55)62)61(14,63)23-22-60(44,12)13/h15-19,24-35H,4,20-23H2,1-3,5-14H3/b17-15-,24-16-. The molecule has 67 heavy (non-hydrogen) atoms. The van der Waals surface area contributed by atoms with Crippen LogP contribution < -0.4 is 26.4 Å². The molecule has 1 atom stereocenters. The number of thioether (sulfide) groups is 1. The quantitative estimate of drug-likeness (QED) is 0.0998. The van der Waals surface area contributed by atoms with Crippen molar-refractivity contribution >= 4 is 108 Å². The van der Waals surface area contributed by atoms with Crippen molar-refractivity contribution in [2.75, 3.05) is 9.80 Å². The van der Waals surface area contributed by atoms with E-state index in [1.807, 2.05) is 0 Å². The van der Waals surface area contributed by atoms with E-state index in [1.165, 1.54) is 82.9 Å². The van der Waals surface area contributed by atoms with E-state index >= 15 is 0 Å². The SMILES string of the molecule is C=C1/C=C\C=C/Sc2ccc(N3c4cc(C)cc5c4B(c4cc6c(cc4N5c4cc(C(C)C)cc(C(C)(C)C)c4)C(C)(C)CCC6(C)C)c4oc5cc6c(cc5c43)C(C)(C)CCC6(C)I)cc21. The predicted molar refractivity (Wildman–Crippen MR) is 300 cm³/mol. The molecule has 6 heteroatoms. The Morgan fingerprint density at radius 2 is 1.37 bits per heavy atom. The summed E-state index contributed by atoms with van der Waals surface area (Å²) in [6.45, 7) is 35.7. The van der Waals surface area contributed by atoms with Crippen LogP contribution in [0, 0.1) is 6.92 Å². The molecule has 6 aromatic rings. The van der Waals surface area contributed by atoms with Gasteiger partial charge in [-0.3, -0.25) is 0 Å².